The second-order valence-corrected chi connectivity index (χ2v) is 4.18. The minimum Gasteiger partial charge on any atom is -0.440 e. The zero-order valence-electron chi connectivity index (χ0n) is 10.8. The summed E-state index contributed by atoms with van der Waals surface area (Å²) < 4.78 is 41.6. The summed E-state index contributed by atoms with van der Waals surface area (Å²) in [4.78, 5) is 11.4. The number of carbonyl (C=O) groups is 1. The fourth-order valence-corrected chi connectivity index (χ4v) is 1.64. The van der Waals surface area contributed by atoms with Crippen molar-refractivity contribution >= 4 is 11.8 Å². The van der Waals surface area contributed by atoms with Gasteiger partial charge in [-0.3, -0.25) is 10.00 Å². The molecule has 0 saturated carbocycles. The van der Waals surface area contributed by atoms with Gasteiger partial charge in [0.15, 0.2) is 6.61 Å². The number of hydrogen-bond acceptors (Lipinski definition) is 3. The second-order valence-electron chi connectivity index (χ2n) is 4.18. The van der Waals surface area contributed by atoms with Crippen molar-refractivity contribution in [2.75, 3.05) is 11.9 Å². The number of anilines is 1. The van der Waals surface area contributed by atoms with Crippen LogP contribution < -0.4 is 5.32 Å². The summed E-state index contributed by atoms with van der Waals surface area (Å²) in [7, 11) is 0. The minimum atomic E-state index is -4.55. The molecule has 0 aliphatic carbocycles. The third-order valence-corrected chi connectivity index (χ3v) is 2.51. The molecule has 0 bridgehead atoms. The van der Waals surface area contributed by atoms with Gasteiger partial charge in [0.05, 0.1) is 6.54 Å². The lowest BCUT2D eigenvalue weighted by Gasteiger charge is -2.12. The molecule has 0 aliphatic rings. The van der Waals surface area contributed by atoms with E-state index in [-0.39, 0.29) is 0 Å². The lowest BCUT2D eigenvalue weighted by Crippen LogP contribution is -2.23. The lowest BCUT2D eigenvalue weighted by molar-refractivity contribution is -0.159. The van der Waals surface area contributed by atoms with E-state index in [0.717, 1.165) is 0 Å². The molecule has 0 spiro atoms. The van der Waals surface area contributed by atoms with E-state index in [1.54, 1.807) is 47.4 Å². The average Bonchev–Trinajstić information content (AvgIpc) is 2.91. The highest BCUT2D eigenvalue weighted by Gasteiger charge is 2.29. The highest BCUT2D eigenvalue weighted by atomic mass is 19.4. The van der Waals surface area contributed by atoms with Crippen molar-refractivity contribution in [2.45, 2.75) is 12.7 Å². The molecule has 1 heterocycles. The molecular weight excluding hydrogens is 287 g/mol. The number of amides is 1. The minimum absolute atomic E-state index is 0.375. The second kappa shape index (κ2) is 6.29. The van der Waals surface area contributed by atoms with E-state index in [1.807, 2.05) is 0 Å². The number of halogens is 3. The Morgan fingerprint density at radius 3 is 2.71 bits per heavy atom. The topological polar surface area (TPSA) is 56.2 Å². The number of hydrogen-bond donors (Lipinski definition) is 1. The van der Waals surface area contributed by atoms with Gasteiger partial charge in [0.1, 0.15) is 0 Å². The van der Waals surface area contributed by atoms with Crippen molar-refractivity contribution in [2.24, 2.45) is 0 Å². The molecule has 1 aromatic heterocycles. The smallest absolute Gasteiger partial charge is 0.422 e. The van der Waals surface area contributed by atoms with Crippen LogP contribution in [0.1, 0.15) is 5.56 Å². The van der Waals surface area contributed by atoms with Gasteiger partial charge in [-0.1, -0.05) is 18.2 Å². The molecule has 1 N–H and O–H groups in total. The Labute approximate surface area is 118 Å². The first kappa shape index (κ1) is 14.9. The molecular formula is C13H12F3N3O2. The van der Waals surface area contributed by atoms with Crippen LogP contribution in [0.3, 0.4) is 0 Å². The van der Waals surface area contributed by atoms with Gasteiger partial charge < -0.3 is 4.74 Å². The van der Waals surface area contributed by atoms with Crippen LogP contribution in [0.15, 0.2) is 42.7 Å². The van der Waals surface area contributed by atoms with Gasteiger partial charge >= 0.3 is 12.3 Å². The molecule has 0 radical (unpaired) electrons. The van der Waals surface area contributed by atoms with Crippen LogP contribution in [-0.4, -0.2) is 28.7 Å². The Balaban J connectivity index is 2.01. The predicted octanol–water partition coefficient (Wildman–Crippen LogP) is 3.04. The van der Waals surface area contributed by atoms with Crippen LogP contribution in [0.5, 0.6) is 0 Å². The Kier molecular flexibility index (Phi) is 4.46. The summed E-state index contributed by atoms with van der Waals surface area (Å²) in [6, 6.07) is 8.47. The van der Waals surface area contributed by atoms with Gasteiger partial charge in [0.2, 0.25) is 0 Å². The van der Waals surface area contributed by atoms with E-state index < -0.39 is 18.9 Å². The highest BCUT2D eigenvalue weighted by Crippen LogP contribution is 2.18. The first-order chi connectivity index (χ1) is 9.94. The van der Waals surface area contributed by atoms with Crippen molar-refractivity contribution in [3.05, 3.63) is 48.3 Å². The van der Waals surface area contributed by atoms with E-state index in [0.29, 0.717) is 17.8 Å². The first-order valence-corrected chi connectivity index (χ1v) is 6.00. The number of nitrogens with zero attached hydrogens (tertiary/aromatic N) is 2. The number of carbonyl (C=O) groups excluding carboxylic acids is 1. The fraction of sp³-hybridized carbons (Fsp3) is 0.231. The van der Waals surface area contributed by atoms with Crippen molar-refractivity contribution in [1.29, 1.82) is 0 Å². The maximum absolute atomic E-state index is 12.0. The zero-order valence-corrected chi connectivity index (χ0v) is 10.8. The van der Waals surface area contributed by atoms with E-state index >= 15 is 0 Å². The quantitative estimate of drug-likeness (QED) is 0.944. The molecule has 0 atom stereocenters. The van der Waals surface area contributed by atoms with Gasteiger partial charge in [-0.05, 0) is 17.7 Å². The molecule has 0 aliphatic heterocycles. The Morgan fingerprint density at radius 1 is 1.29 bits per heavy atom. The maximum atomic E-state index is 12.0. The molecule has 2 aromatic rings. The molecule has 2 rings (SSSR count). The van der Waals surface area contributed by atoms with Crippen molar-refractivity contribution in [3.8, 4) is 0 Å². The Bertz CT molecular complexity index is 597. The summed E-state index contributed by atoms with van der Waals surface area (Å²) in [5.41, 5.74) is 1.07. The SMILES string of the molecule is O=C(Nc1ccccc1Cn1cccn1)OCC(F)(F)F. The monoisotopic (exact) mass is 299 g/mol. The van der Waals surface area contributed by atoms with Crippen LogP contribution in [0, 0.1) is 0 Å². The van der Waals surface area contributed by atoms with Crippen LogP contribution >= 0.6 is 0 Å². The van der Waals surface area contributed by atoms with Crippen LogP contribution in [0.4, 0.5) is 23.7 Å². The van der Waals surface area contributed by atoms with Gasteiger partial charge in [0.25, 0.3) is 0 Å². The average molecular weight is 299 g/mol. The van der Waals surface area contributed by atoms with E-state index in [9.17, 15) is 18.0 Å². The molecule has 21 heavy (non-hydrogen) atoms. The molecule has 1 aromatic carbocycles. The summed E-state index contributed by atoms with van der Waals surface area (Å²) in [5.74, 6) is 0. The third-order valence-electron chi connectivity index (χ3n) is 2.51. The number of benzene rings is 1. The normalized spacial score (nSPS) is 11.2. The first-order valence-electron chi connectivity index (χ1n) is 6.00. The van der Waals surface area contributed by atoms with E-state index in [2.05, 4.69) is 15.2 Å². The third kappa shape index (κ3) is 4.83. The summed E-state index contributed by atoms with van der Waals surface area (Å²) >= 11 is 0. The summed E-state index contributed by atoms with van der Waals surface area (Å²) in [6.45, 7) is -1.25. The Morgan fingerprint density at radius 2 is 2.05 bits per heavy atom. The van der Waals surface area contributed by atoms with Gasteiger partial charge in [0, 0.05) is 18.1 Å². The number of nitrogens with one attached hydrogen (secondary N) is 1. The van der Waals surface area contributed by atoms with E-state index in [4.69, 9.17) is 0 Å². The van der Waals surface area contributed by atoms with Crippen molar-refractivity contribution in [3.63, 3.8) is 0 Å². The van der Waals surface area contributed by atoms with Crippen LogP contribution in [-0.2, 0) is 11.3 Å². The van der Waals surface area contributed by atoms with Gasteiger partial charge in [-0.2, -0.15) is 18.3 Å². The molecule has 8 heteroatoms. The largest absolute Gasteiger partial charge is 0.440 e. The van der Waals surface area contributed by atoms with Gasteiger partial charge in [-0.25, -0.2) is 4.79 Å². The number of alkyl halides is 3. The van der Waals surface area contributed by atoms with Crippen molar-refractivity contribution in [1.82, 2.24) is 9.78 Å². The molecule has 0 saturated heterocycles. The molecule has 112 valence electrons. The van der Waals surface area contributed by atoms with Crippen LogP contribution in [0.25, 0.3) is 0 Å². The predicted molar refractivity (Wildman–Crippen MR) is 68.8 cm³/mol. The fourth-order valence-electron chi connectivity index (χ4n) is 1.64. The lowest BCUT2D eigenvalue weighted by atomic mass is 10.2. The molecule has 5 nitrogen and oxygen atoms in total. The number of aromatic nitrogens is 2. The molecule has 1 amide bonds. The van der Waals surface area contributed by atoms with Gasteiger partial charge in [-0.15, -0.1) is 0 Å². The zero-order chi connectivity index (χ0) is 15.3. The van der Waals surface area contributed by atoms with E-state index in [1.165, 1.54) is 0 Å². The Hall–Kier alpha value is -2.51. The highest BCUT2D eigenvalue weighted by molar-refractivity contribution is 5.85. The van der Waals surface area contributed by atoms with Crippen LogP contribution in [0.2, 0.25) is 0 Å². The number of ether oxygens (including phenoxy) is 1. The summed E-state index contributed by atoms with van der Waals surface area (Å²) in [5, 5.41) is 6.32. The number of para-hydroxylation sites is 1. The standard InChI is InChI=1S/C13H12F3N3O2/c14-13(15,16)9-21-12(20)18-11-5-2-1-4-10(11)8-19-7-3-6-17-19/h1-7H,8-9H2,(H,18,20). The van der Waals surface area contributed by atoms with Crippen molar-refractivity contribution < 1.29 is 22.7 Å². The summed E-state index contributed by atoms with van der Waals surface area (Å²) in [6.07, 6.45) is -2.36. The number of rotatable bonds is 4. The maximum Gasteiger partial charge on any atom is 0.422 e. The molecule has 0 fully saturated rings. The molecule has 0 unspecified atom stereocenters.